The second-order valence-corrected chi connectivity index (χ2v) is 8.04. The van der Waals surface area contributed by atoms with Crippen LogP contribution < -0.4 is 10.4 Å². The minimum absolute atomic E-state index is 0.157. The van der Waals surface area contributed by atoms with Gasteiger partial charge in [-0.25, -0.2) is 9.78 Å². The van der Waals surface area contributed by atoms with Crippen LogP contribution in [0.1, 0.15) is 39.8 Å². The molecular formula is C23H23N5O4. The Morgan fingerprint density at radius 1 is 1.25 bits per heavy atom. The van der Waals surface area contributed by atoms with Gasteiger partial charge in [0.15, 0.2) is 11.3 Å². The molecule has 5 rings (SSSR count). The predicted octanol–water partition coefficient (Wildman–Crippen LogP) is 3.00. The van der Waals surface area contributed by atoms with E-state index >= 15 is 0 Å². The monoisotopic (exact) mass is 433 g/mol. The molecule has 0 saturated carbocycles. The van der Waals surface area contributed by atoms with Crippen molar-refractivity contribution in [2.75, 3.05) is 13.1 Å². The first-order valence-corrected chi connectivity index (χ1v) is 10.5. The van der Waals surface area contributed by atoms with Crippen molar-refractivity contribution in [3.8, 4) is 5.75 Å². The molecule has 0 bridgehead atoms. The lowest BCUT2D eigenvalue weighted by molar-refractivity contribution is 0.0775. The van der Waals surface area contributed by atoms with Crippen LogP contribution in [0.25, 0.3) is 11.2 Å². The number of likely N-dealkylation sites (tertiary alicyclic amines) is 1. The molecule has 1 saturated heterocycles. The van der Waals surface area contributed by atoms with Crippen molar-refractivity contribution in [1.29, 1.82) is 0 Å². The van der Waals surface area contributed by atoms with Crippen LogP contribution in [0, 0.1) is 13.8 Å². The van der Waals surface area contributed by atoms with Crippen LogP contribution >= 0.6 is 0 Å². The van der Waals surface area contributed by atoms with E-state index in [4.69, 9.17) is 9.26 Å². The van der Waals surface area contributed by atoms with Crippen molar-refractivity contribution >= 4 is 17.1 Å². The molecule has 1 aliphatic heterocycles. The number of carbonyl (C=O) groups is 1. The van der Waals surface area contributed by atoms with Crippen LogP contribution in [0.3, 0.4) is 0 Å². The molecule has 4 heterocycles. The lowest BCUT2D eigenvalue weighted by Crippen LogP contribution is -2.31. The predicted molar refractivity (Wildman–Crippen MR) is 117 cm³/mol. The molecule has 0 spiro atoms. The Morgan fingerprint density at radius 3 is 2.88 bits per heavy atom. The van der Waals surface area contributed by atoms with Gasteiger partial charge in [-0.05, 0) is 44.5 Å². The molecule has 1 fully saturated rings. The Labute approximate surface area is 183 Å². The first-order valence-electron chi connectivity index (χ1n) is 10.5. The highest BCUT2D eigenvalue weighted by molar-refractivity contribution is 5.94. The van der Waals surface area contributed by atoms with E-state index in [0.29, 0.717) is 47.7 Å². The number of fused-ring (bicyclic) bond motifs is 1. The third kappa shape index (κ3) is 3.55. The van der Waals surface area contributed by atoms with Gasteiger partial charge >= 0.3 is 5.69 Å². The van der Waals surface area contributed by atoms with Crippen molar-refractivity contribution in [3.63, 3.8) is 0 Å². The minimum Gasteiger partial charge on any atom is -0.489 e. The first kappa shape index (κ1) is 20.0. The number of imidazole rings is 1. The number of hydrogen-bond donors (Lipinski definition) is 1. The molecule has 1 amide bonds. The number of aryl methyl sites for hydroxylation is 2. The quantitative estimate of drug-likeness (QED) is 0.519. The Morgan fingerprint density at radius 2 is 2.06 bits per heavy atom. The smallest absolute Gasteiger partial charge is 0.327 e. The van der Waals surface area contributed by atoms with Crippen LogP contribution in [-0.4, -0.2) is 43.6 Å². The summed E-state index contributed by atoms with van der Waals surface area (Å²) >= 11 is 0. The maximum absolute atomic E-state index is 13.2. The molecule has 9 heteroatoms. The molecule has 9 nitrogen and oxygen atoms in total. The zero-order valence-corrected chi connectivity index (χ0v) is 17.9. The van der Waals surface area contributed by atoms with Gasteiger partial charge in [0.2, 0.25) is 0 Å². The van der Waals surface area contributed by atoms with Gasteiger partial charge in [-0.2, -0.15) is 0 Å². The average molecular weight is 433 g/mol. The molecular weight excluding hydrogens is 410 g/mol. The van der Waals surface area contributed by atoms with Gasteiger partial charge in [0.05, 0.1) is 17.1 Å². The highest BCUT2D eigenvalue weighted by Gasteiger charge is 2.33. The largest absolute Gasteiger partial charge is 0.489 e. The summed E-state index contributed by atoms with van der Waals surface area (Å²) in [6.45, 7) is 4.87. The standard InChI is InChI=1S/C23H23N5O4/c1-14-5-7-17(8-6-14)31-13-18-15(2)32-26-20(18)22(29)27-11-9-16(12-27)28-21-19(25-23(28)30)4-3-10-24-21/h3-8,10,16H,9,11-13H2,1-2H3,(H,25,30). The number of H-pyrrole nitrogens is 1. The van der Waals surface area contributed by atoms with Gasteiger partial charge in [-0.1, -0.05) is 22.9 Å². The van der Waals surface area contributed by atoms with Crippen LogP contribution in [-0.2, 0) is 6.61 Å². The van der Waals surface area contributed by atoms with E-state index in [1.54, 1.807) is 28.7 Å². The maximum Gasteiger partial charge on any atom is 0.327 e. The number of rotatable bonds is 5. The molecule has 4 aromatic rings. The fourth-order valence-electron chi connectivity index (χ4n) is 4.10. The number of aromatic nitrogens is 4. The van der Waals surface area contributed by atoms with Crippen LogP contribution in [0.2, 0.25) is 0 Å². The van der Waals surface area contributed by atoms with E-state index in [9.17, 15) is 9.59 Å². The highest BCUT2D eigenvalue weighted by atomic mass is 16.5. The summed E-state index contributed by atoms with van der Waals surface area (Å²) in [6.07, 6.45) is 2.31. The van der Waals surface area contributed by atoms with E-state index in [2.05, 4.69) is 15.1 Å². The normalized spacial score (nSPS) is 16.1. The number of ether oxygens (including phenoxy) is 1. The van der Waals surface area contributed by atoms with Crippen LogP contribution in [0.15, 0.2) is 51.9 Å². The topological polar surface area (TPSA) is 106 Å². The van der Waals surface area contributed by atoms with E-state index in [0.717, 1.165) is 5.56 Å². The molecule has 164 valence electrons. The van der Waals surface area contributed by atoms with Crippen molar-refractivity contribution in [3.05, 3.63) is 75.7 Å². The van der Waals surface area contributed by atoms with Crippen LogP contribution in [0.4, 0.5) is 0 Å². The summed E-state index contributed by atoms with van der Waals surface area (Å²) in [6, 6.07) is 11.1. The first-order chi connectivity index (χ1) is 15.5. The van der Waals surface area contributed by atoms with Crippen molar-refractivity contribution < 1.29 is 14.1 Å². The van der Waals surface area contributed by atoms with E-state index in [-0.39, 0.29) is 29.9 Å². The van der Waals surface area contributed by atoms with Gasteiger partial charge in [-0.15, -0.1) is 0 Å². The zero-order valence-electron chi connectivity index (χ0n) is 17.9. The third-order valence-corrected chi connectivity index (χ3v) is 5.88. The van der Waals surface area contributed by atoms with E-state index in [1.165, 1.54) is 0 Å². The summed E-state index contributed by atoms with van der Waals surface area (Å²) in [7, 11) is 0. The SMILES string of the molecule is Cc1ccc(OCc2c(C(=O)N3CCC(n4c(=O)[nH]c5cccnc54)C3)noc2C)cc1. The van der Waals surface area contributed by atoms with E-state index in [1.807, 2.05) is 37.3 Å². The fourth-order valence-corrected chi connectivity index (χ4v) is 4.10. The summed E-state index contributed by atoms with van der Waals surface area (Å²) in [5, 5.41) is 4.01. The van der Waals surface area contributed by atoms with E-state index < -0.39 is 0 Å². The molecule has 1 atom stereocenters. The van der Waals surface area contributed by atoms with Gasteiger partial charge in [0.25, 0.3) is 5.91 Å². The molecule has 0 aliphatic carbocycles. The van der Waals surface area contributed by atoms with Gasteiger partial charge in [-0.3, -0.25) is 9.36 Å². The molecule has 1 aliphatic rings. The molecule has 0 radical (unpaired) electrons. The van der Waals surface area contributed by atoms with Gasteiger partial charge in [0, 0.05) is 19.3 Å². The number of nitrogens with one attached hydrogen (secondary N) is 1. The number of carbonyl (C=O) groups excluding carboxylic acids is 1. The third-order valence-electron chi connectivity index (χ3n) is 5.88. The number of amides is 1. The maximum atomic E-state index is 13.2. The lowest BCUT2D eigenvalue weighted by atomic mass is 10.2. The molecule has 32 heavy (non-hydrogen) atoms. The number of hydrogen-bond acceptors (Lipinski definition) is 6. The Balaban J connectivity index is 1.33. The average Bonchev–Trinajstić information content (AvgIpc) is 3.49. The molecule has 1 unspecified atom stereocenters. The second-order valence-electron chi connectivity index (χ2n) is 8.04. The molecule has 1 N–H and O–H groups in total. The second kappa shape index (κ2) is 7.99. The Hall–Kier alpha value is -3.88. The summed E-state index contributed by atoms with van der Waals surface area (Å²) in [5.41, 5.74) is 3.08. The van der Waals surface area contributed by atoms with Crippen molar-refractivity contribution in [1.82, 2.24) is 24.6 Å². The summed E-state index contributed by atoms with van der Waals surface area (Å²) in [5.74, 6) is 1.03. The number of benzene rings is 1. The Bertz CT molecular complexity index is 1330. The van der Waals surface area contributed by atoms with Crippen molar-refractivity contribution in [2.24, 2.45) is 0 Å². The molecule has 3 aromatic heterocycles. The number of nitrogens with zero attached hydrogens (tertiary/aromatic N) is 4. The molecule has 1 aromatic carbocycles. The lowest BCUT2D eigenvalue weighted by Gasteiger charge is -2.16. The number of pyridine rings is 1. The van der Waals surface area contributed by atoms with Gasteiger partial charge < -0.3 is 19.1 Å². The fraction of sp³-hybridized carbons (Fsp3) is 0.304. The van der Waals surface area contributed by atoms with Crippen molar-refractivity contribution in [2.45, 2.75) is 32.9 Å². The summed E-state index contributed by atoms with van der Waals surface area (Å²) in [4.78, 5) is 34.6. The van der Waals surface area contributed by atoms with Crippen LogP contribution in [0.5, 0.6) is 5.75 Å². The minimum atomic E-state index is -0.229. The zero-order chi connectivity index (χ0) is 22.2. The number of aromatic amines is 1. The highest BCUT2D eigenvalue weighted by Crippen LogP contribution is 2.26. The Kier molecular flexibility index (Phi) is 5.01. The van der Waals surface area contributed by atoms with Gasteiger partial charge in [0.1, 0.15) is 18.1 Å². The summed E-state index contributed by atoms with van der Waals surface area (Å²) < 4.78 is 12.8.